The van der Waals surface area contributed by atoms with Crippen LogP contribution in [0.2, 0.25) is 0 Å². The van der Waals surface area contributed by atoms with Crippen molar-refractivity contribution in [3.8, 4) is 0 Å². The van der Waals surface area contributed by atoms with Gasteiger partial charge < -0.3 is 4.79 Å². The van der Waals surface area contributed by atoms with Crippen molar-refractivity contribution in [1.82, 2.24) is 0 Å². The summed E-state index contributed by atoms with van der Waals surface area (Å²) in [6, 6.07) is 0. The summed E-state index contributed by atoms with van der Waals surface area (Å²) < 4.78 is 0. The van der Waals surface area contributed by atoms with Crippen molar-refractivity contribution in [2.75, 3.05) is 0 Å². The first-order chi connectivity index (χ1) is 5.36. The third-order valence-corrected chi connectivity index (χ3v) is 2.01. The maximum atomic E-state index is 10.4. The third-order valence-electron chi connectivity index (χ3n) is 2.01. The van der Waals surface area contributed by atoms with Gasteiger partial charge in [-0.05, 0) is 24.8 Å². The molecule has 1 atom stereocenters. The molecule has 1 aliphatic rings. The first kappa shape index (κ1) is 8.18. The van der Waals surface area contributed by atoms with Crippen molar-refractivity contribution >= 4 is 12.6 Å². The van der Waals surface area contributed by atoms with Gasteiger partial charge in [0.2, 0.25) is 0 Å². The highest BCUT2D eigenvalue weighted by molar-refractivity contribution is 5.74. The van der Waals surface area contributed by atoms with Gasteiger partial charge >= 0.3 is 0 Å². The molecule has 0 saturated heterocycles. The summed E-state index contributed by atoms with van der Waals surface area (Å²) in [5.41, 5.74) is 0.791. The molecule has 0 aliphatic heterocycles. The first-order valence-electron chi connectivity index (χ1n) is 3.98. The quantitative estimate of drug-likeness (QED) is 0.562. The van der Waals surface area contributed by atoms with E-state index >= 15 is 0 Å². The maximum absolute atomic E-state index is 10.4. The number of allylic oxidation sites excluding steroid dienone is 2. The summed E-state index contributed by atoms with van der Waals surface area (Å²) in [4.78, 5) is 20.8. The van der Waals surface area contributed by atoms with Gasteiger partial charge in [-0.2, -0.15) is 0 Å². The minimum atomic E-state index is -0.0160. The Morgan fingerprint density at radius 1 is 1.36 bits per heavy atom. The van der Waals surface area contributed by atoms with E-state index in [1.165, 1.54) is 0 Å². The van der Waals surface area contributed by atoms with E-state index in [0.29, 0.717) is 0 Å². The molecule has 11 heavy (non-hydrogen) atoms. The van der Waals surface area contributed by atoms with Gasteiger partial charge in [0.25, 0.3) is 0 Å². The molecular weight excluding hydrogens is 140 g/mol. The number of carbonyl (C=O) groups is 2. The highest BCUT2D eigenvalue weighted by atomic mass is 16.1. The fraction of sp³-hybridized carbons (Fsp3) is 0.556. The average Bonchev–Trinajstić information content (AvgIpc) is 2.28. The molecule has 0 amide bonds. The van der Waals surface area contributed by atoms with Crippen molar-refractivity contribution in [3.63, 3.8) is 0 Å². The van der Waals surface area contributed by atoms with Crippen LogP contribution in [-0.4, -0.2) is 12.6 Å². The molecule has 0 aromatic rings. The van der Waals surface area contributed by atoms with Gasteiger partial charge in [0.1, 0.15) is 12.6 Å². The molecule has 0 bridgehead atoms. The van der Waals surface area contributed by atoms with E-state index < -0.39 is 0 Å². The van der Waals surface area contributed by atoms with E-state index in [-0.39, 0.29) is 5.92 Å². The van der Waals surface area contributed by atoms with Gasteiger partial charge in [0.15, 0.2) is 0 Å². The minimum Gasteiger partial charge on any atom is -0.303 e. The molecule has 1 rings (SSSR count). The van der Waals surface area contributed by atoms with Crippen LogP contribution in [-0.2, 0) is 9.59 Å². The van der Waals surface area contributed by atoms with Crippen LogP contribution in [0.5, 0.6) is 0 Å². The smallest absolute Gasteiger partial charge is 0.145 e. The monoisotopic (exact) mass is 152 g/mol. The van der Waals surface area contributed by atoms with E-state index in [2.05, 4.69) is 0 Å². The zero-order chi connectivity index (χ0) is 8.10. The Morgan fingerprint density at radius 3 is 2.82 bits per heavy atom. The lowest BCUT2D eigenvalue weighted by Gasteiger charge is -1.98. The summed E-state index contributed by atoms with van der Waals surface area (Å²) >= 11 is 0. The fourth-order valence-electron chi connectivity index (χ4n) is 1.36. The van der Waals surface area contributed by atoms with Crippen LogP contribution in [0.25, 0.3) is 0 Å². The lowest BCUT2D eigenvalue weighted by Crippen LogP contribution is -1.96. The predicted molar refractivity (Wildman–Crippen MR) is 42.2 cm³/mol. The summed E-state index contributed by atoms with van der Waals surface area (Å²) in [5.74, 6) is -0.0160. The van der Waals surface area contributed by atoms with Crippen molar-refractivity contribution < 1.29 is 9.59 Å². The summed E-state index contributed by atoms with van der Waals surface area (Å²) in [5, 5.41) is 0. The standard InChI is InChI=1S/C9H12O2/c10-6-8-3-1-2-4-9(5-8)7-11/h5-8H,1-4H2. The first-order valence-corrected chi connectivity index (χ1v) is 3.98. The van der Waals surface area contributed by atoms with Crippen molar-refractivity contribution in [2.24, 2.45) is 5.92 Å². The molecule has 0 spiro atoms. The molecule has 0 aromatic heterocycles. The largest absolute Gasteiger partial charge is 0.303 e. The molecule has 1 aliphatic carbocycles. The van der Waals surface area contributed by atoms with Crippen LogP contribution < -0.4 is 0 Å². The maximum Gasteiger partial charge on any atom is 0.145 e. The third kappa shape index (κ3) is 2.30. The highest BCUT2D eigenvalue weighted by Gasteiger charge is 2.09. The molecule has 0 fully saturated rings. The van der Waals surface area contributed by atoms with Gasteiger partial charge in [-0.15, -0.1) is 0 Å². The lowest BCUT2D eigenvalue weighted by atomic mass is 10.1. The Kier molecular flexibility index (Phi) is 3.02. The van der Waals surface area contributed by atoms with Crippen molar-refractivity contribution in [3.05, 3.63) is 11.6 Å². The highest BCUT2D eigenvalue weighted by Crippen LogP contribution is 2.19. The van der Waals surface area contributed by atoms with Gasteiger partial charge in [-0.1, -0.05) is 12.5 Å². The Labute approximate surface area is 66.3 Å². The Morgan fingerprint density at radius 2 is 2.18 bits per heavy atom. The molecule has 0 saturated carbocycles. The van der Waals surface area contributed by atoms with E-state index in [0.717, 1.165) is 43.8 Å². The number of hydrogen-bond acceptors (Lipinski definition) is 2. The van der Waals surface area contributed by atoms with Crippen molar-refractivity contribution in [1.29, 1.82) is 0 Å². The molecule has 2 heteroatoms. The average molecular weight is 152 g/mol. The van der Waals surface area contributed by atoms with Gasteiger partial charge in [-0.3, -0.25) is 4.79 Å². The van der Waals surface area contributed by atoms with Gasteiger partial charge in [0, 0.05) is 5.92 Å². The minimum absolute atomic E-state index is 0.0160. The van der Waals surface area contributed by atoms with Crippen LogP contribution in [0.4, 0.5) is 0 Å². The molecule has 0 radical (unpaired) electrons. The van der Waals surface area contributed by atoms with E-state index in [9.17, 15) is 9.59 Å². The summed E-state index contributed by atoms with van der Waals surface area (Å²) in [7, 11) is 0. The second-order valence-corrected chi connectivity index (χ2v) is 2.91. The van der Waals surface area contributed by atoms with Gasteiger partial charge in [0.05, 0.1) is 0 Å². The Balaban J connectivity index is 2.66. The van der Waals surface area contributed by atoms with Crippen LogP contribution >= 0.6 is 0 Å². The Hall–Kier alpha value is -0.920. The predicted octanol–water partition coefficient (Wildman–Crippen LogP) is 1.50. The Bertz CT molecular complexity index is 182. The van der Waals surface area contributed by atoms with Crippen LogP contribution in [0.3, 0.4) is 0 Å². The summed E-state index contributed by atoms with van der Waals surface area (Å²) in [6.07, 6.45) is 7.42. The molecule has 2 nitrogen and oxygen atoms in total. The van der Waals surface area contributed by atoms with Crippen LogP contribution in [0.15, 0.2) is 11.6 Å². The molecule has 60 valence electrons. The second kappa shape index (κ2) is 4.06. The SMILES string of the molecule is O=CC1=CC(C=O)CCCC1. The number of carbonyl (C=O) groups excluding carboxylic acids is 2. The summed E-state index contributed by atoms with van der Waals surface area (Å²) in [6.45, 7) is 0. The zero-order valence-corrected chi connectivity index (χ0v) is 6.45. The fourth-order valence-corrected chi connectivity index (χ4v) is 1.36. The number of hydrogen-bond donors (Lipinski definition) is 0. The molecule has 0 aromatic carbocycles. The topological polar surface area (TPSA) is 34.1 Å². The van der Waals surface area contributed by atoms with E-state index in [1.807, 2.05) is 0 Å². The van der Waals surface area contributed by atoms with Gasteiger partial charge in [-0.25, -0.2) is 0 Å². The van der Waals surface area contributed by atoms with E-state index in [1.54, 1.807) is 6.08 Å². The second-order valence-electron chi connectivity index (χ2n) is 2.91. The number of rotatable bonds is 2. The normalized spacial score (nSPS) is 25.1. The molecule has 0 heterocycles. The van der Waals surface area contributed by atoms with E-state index in [4.69, 9.17) is 0 Å². The van der Waals surface area contributed by atoms with Crippen molar-refractivity contribution in [2.45, 2.75) is 25.7 Å². The molecular formula is C9H12O2. The zero-order valence-electron chi connectivity index (χ0n) is 6.45. The van der Waals surface area contributed by atoms with Crippen LogP contribution in [0.1, 0.15) is 25.7 Å². The van der Waals surface area contributed by atoms with Crippen LogP contribution in [0, 0.1) is 5.92 Å². The molecule has 1 unspecified atom stereocenters. The lowest BCUT2D eigenvalue weighted by molar-refractivity contribution is -0.110. The molecule has 0 N–H and O–H groups in total. The number of aldehydes is 2.